The molecule has 0 radical (unpaired) electrons. The van der Waals surface area contributed by atoms with Crippen LogP contribution in [-0.2, 0) is 13.0 Å². The van der Waals surface area contributed by atoms with Crippen LogP contribution in [0.4, 0.5) is 11.4 Å². The molecule has 0 saturated carbocycles. The van der Waals surface area contributed by atoms with Crippen molar-refractivity contribution in [2.24, 2.45) is 0 Å². The number of nitrogens with one attached hydrogen (secondary N) is 1. The molecule has 0 amide bonds. The van der Waals surface area contributed by atoms with E-state index in [1.54, 1.807) is 12.1 Å². The summed E-state index contributed by atoms with van der Waals surface area (Å²) in [6.45, 7) is 3.66. The molecule has 0 saturated heterocycles. The van der Waals surface area contributed by atoms with Crippen LogP contribution in [0, 0.1) is 0 Å². The van der Waals surface area contributed by atoms with Gasteiger partial charge in [0.15, 0.2) is 5.78 Å². The third-order valence-electron chi connectivity index (χ3n) is 4.70. The van der Waals surface area contributed by atoms with Crippen LogP contribution in [-0.4, -0.2) is 21.8 Å². The Labute approximate surface area is 180 Å². The lowest BCUT2D eigenvalue weighted by Gasteiger charge is -2.15. The summed E-state index contributed by atoms with van der Waals surface area (Å²) in [4.78, 5) is 26.6. The number of carbonyl (C=O) groups is 2. The molecule has 0 fully saturated rings. The van der Waals surface area contributed by atoms with E-state index in [0.717, 1.165) is 17.7 Å². The summed E-state index contributed by atoms with van der Waals surface area (Å²) in [5.74, 6) is -0.978. The number of hydrogen-bond acceptors (Lipinski definition) is 7. The second-order valence-corrected chi connectivity index (χ2v) is 7.11. The Balaban J connectivity index is 1.76. The molecule has 0 aliphatic rings. The van der Waals surface area contributed by atoms with Gasteiger partial charge in [-0.3, -0.25) is 9.78 Å². The number of carbonyl (C=O) groups excluding carboxylic acids is 2. The summed E-state index contributed by atoms with van der Waals surface area (Å²) in [6, 6.07) is 12.2. The molecule has 0 bridgehead atoms. The Kier molecular flexibility index (Phi) is 6.87. The van der Waals surface area contributed by atoms with Gasteiger partial charge in [0.1, 0.15) is 18.1 Å². The van der Waals surface area contributed by atoms with Crippen molar-refractivity contribution in [1.82, 2.24) is 4.98 Å². The van der Waals surface area contributed by atoms with Gasteiger partial charge in [-0.05, 0) is 49.2 Å². The molecule has 1 heterocycles. The maximum Gasteiger partial charge on any atom is 0.163 e. The lowest BCUT2D eigenvalue weighted by Crippen LogP contribution is -2.22. The van der Waals surface area contributed by atoms with Crippen LogP contribution in [0.2, 0.25) is 0 Å². The molecule has 160 valence electrons. The monoisotopic (exact) mass is 419 g/mol. The van der Waals surface area contributed by atoms with Gasteiger partial charge in [0.25, 0.3) is 0 Å². The number of phenols is 1. The highest BCUT2D eigenvalue weighted by molar-refractivity contribution is 5.97. The Bertz CT molecular complexity index is 1110. The van der Waals surface area contributed by atoms with Crippen molar-refractivity contribution in [3.8, 4) is 11.5 Å². The summed E-state index contributed by atoms with van der Waals surface area (Å²) in [7, 11) is 0. The third-order valence-corrected chi connectivity index (χ3v) is 4.70. The number of aromatic nitrogens is 1. The Hall–Kier alpha value is -3.87. The van der Waals surface area contributed by atoms with Gasteiger partial charge < -0.3 is 25.1 Å². The van der Waals surface area contributed by atoms with E-state index < -0.39 is 5.97 Å². The second kappa shape index (κ2) is 9.75. The normalized spacial score (nSPS) is 10.5. The molecular formula is C24H23N2O5-. The molecule has 31 heavy (non-hydrogen) atoms. The zero-order valence-corrected chi connectivity index (χ0v) is 17.3. The minimum Gasteiger partial charge on any atom is -0.545 e. The van der Waals surface area contributed by atoms with Crippen molar-refractivity contribution in [1.29, 1.82) is 0 Å². The highest BCUT2D eigenvalue weighted by atomic mass is 16.5. The Morgan fingerprint density at radius 1 is 1.13 bits per heavy atom. The van der Waals surface area contributed by atoms with Crippen LogP contribution in [0.1, 0.15) is 52.1 Å². The fraction of sp³-hybridized carbons (Fsp3) is 0.208. The number of Topliss-reactive ketones (excluding diaryl/α,β-unsaturated/α-hetero) is 1. The SMILES string of the molecule is CCCc1c(OCc2cccc(Nc3cncc(C(=O)[O-])c3)c2)ccc(C(C)=O)c1O. The first-order chi connectivity index (χ1) is 14.9. The van der Waals surface area contributed by atoms with Gasteiger partial charge in [-0.15, -0.1) is 0 Å². The standard InChI is InChI=1S/C24H24N2O5/c1-3-5-21-22(9-8-20(15(2)27)23(21)28)31-14-16-6-4-7-18(10-16)26-19-11-17(24(29)30)12-25-13-19/h4,6-13,26,28H,3,5,14H2,1-2H3,(H,29,30)/p-1. The molecule has 1 aromatic heterocycles. The molecule has 0 aliphatic carbocycles. The molecule has 0 unspecified atom stereocenters. The number of pyridine rings is 1. The number of carboxylic acids is 1. The predicted molar refractivity (Wildman–Crippen MR) is 115 cm³/mol. The zero-order valence-electron chi connectivity index (χ0n) is 17.3. The van der Waals surface area contributed by atoms with Crippen LogP contribution in [0.25, 0.3) is 0 Å². The smallest absolute Gasteiger partial charge is 0.163 e. The molecule has 3 rings (SSSR count). The molecule has 0 spiro atoms. The van der Waals surface area contributed by atoms with E-state index in [2.05, 4.69) is 10.3 Å². The van der Waals surface area contributed by atoms with Gasteiger partial charge in [0, 0.05) is 23.0 Å². The van der Waals surface area contributed by atoms with Crippen LogP contribution in [0.5, 0.6) is 11.5 Å². The van der Waals surface area contributed by atoms with E-state index in [1.807, 2.05) is 31.2 Å². The molecule has 0 atom stereocenters. The molecule has 7 nitrogen and oxygen atoms in total. The summed E-state index contributed by atoms with van der Waals surface area (Å²) in [5.41, 5.74) is 3.02. The van der Waals surface area contributed by atoms with Gasteiger partial charge in [-0.25, -0.2) is 0 Å². The third kappa shape index (κ3) is 5.39. The van der Waals surface area contributed by atoms with Crippen molar-refractivity contribution in [2.45, 2.75) is 33.3 Å². The van der Waals surface area contributed by atoms with Crippen molar-refractivity contribution in [2.75, 3.05) is 5.32 Å². The first-order valence-corrected chi connectivity index (χ1v) is 9.90. The lowest BCUT2D eigenvalue weighted by molar-refractivity contribution is -0.255. The van der Waals surface area contributed by atoms with Crippen molar-refractivity contribution >= 4 is 23.1 Å². The summed E-state index contributed by atoms with van der Waals surface area (Å²) in [5, 5.41) is 24.6. The maximum atomic E-state index is 11.7. The first kappa shape index (κ1) is 21.8. The van der Waals surface area contributed by atoms with Crippen LogP contribution >= 0.6 is 0 Å². The van der Waals surface area contributed by atoms with Crippen molar-refractivity contribution in [3.05, 3.63) is 77.1 Å². The highest BCUT2D eigenvalue weighted by Crippen LogP contribution is 2.33. The number of aromatic hydroxyl groups is 1. The van der Waals surface area contributed by atoms with Gasteiger partial charge in [-0.1, -0.05) is 25.5 Å². The number of carboxylic acid groups (broad SMARTS) is 1. The van der Waals surface area contributed by atoms with E-state index in [4.69, 9.17) is 4.74 Å². The fourth-order valence-electron chi connectivity index (χ4n) is 3.22. The summed E-state index contributed by atoms with van der Waals surface area (Å²) in [6.07, 6.45) is 4.13. The van der Waals surface area contributed by atoms with E-state index in [9.17, 15) is 19.8 Å². The lowest BCUT2D eigenvalue weighted by atomic mass is 10.0. The number of aromatic carboxylic acids is 1. The molecule has 7 heteroatoms. The number of rotatable bonds is 9. The molecule has 0 aliphatic heterocycles. The Morgan fingerprint density at radius 2 is 1.94 bits per heavy atom. The van der Waals surface area contributed by atoms with Gasteiger partial charge in [0.2, 0.25) is 0 Å². The van der Waals surface area contributed by atoms with E-state index >= 15 is 0 Å². The summed E-state index contributed by atoms with van der Waals surface area (Å²) >= 11 is 0. The minimum atomic E-state index is -1.29. The second-order valence-electron chi connectivity index (χ2n) is 7.11. The number of nitrogens with zero attached hydrogens (tertiary/aromatic N) is 1. The minimum absolute atomic E-state index is 0.0123. The van der Waals surface area contributed by atoms with E-state index in [0.29, 0.717) is 23.4 Å². The van der Waals surface area contributed by atoms with Crippen LogP contribution in [0.3, 0.4) is 0 Å². The number of ether oxygens (including phenoxy) is 1. The first-order valence-electron chi connectivity index (χ1n) is 9.90. The van der Waals surface area contributed by atoms with Gasteiger partial charge in [-0.2, -0.15) is 0 Å². The van der Waals surface area contributed by atoms with Crippen molar-refractivity contribution < 1.29 is 24.5 Å². The molecule has 2 aromatic carbocycles. The average molecular weight is 419 g/mol. The largest absolute Gasteiger partial charge is 0.545 e. The molecule has 3 aromatic rings. The van der Waals surface area contributed by atoms with E-state index in [1.165, 1.54) is 25.4 Å². The topological polar surface area (TPSA) is 112 Å². The molecule has 2 N–H and O–H groups in total. The van der Waals surface area contributed by atoms with Crippen molar-refractivity contribution in [3.63, 3.8) is 0 Å². The quantitative estimate of drug-likeness (QED) is 0.509. The van der Waals surface area contributed by atoms with E-state index in [-0.39, 0.29) is 29.3 Å². The maximum absolute atomic E-state index is 11.7. The molecular weight excluding hydrogens is 396 g/mol. The zero-order chi connectivity index (χ0) is 22.4. The number of ketones is 1. The van der Waals surface area contributed by atoms with Gasteiger partial charge in [0.05, 0.1) is 23.4 Å². The summed E-state index contributed by atoms with van der Waals surface area (Å²) < 4.78 is 5.95. The predicted octanol–water partition coefficient (Wildman–Crippen LogP) is 3.63. The number of anilines is 2. The number of hydrogen-bond donors (Lipinski definition) is 2. The Morgan fingerprint density at radius 3 is 2.65 bits per heavy atom. The fourth-order valence-corrected chi connectivity index (χ4v) is 3.22. The number of phenolic OH excluding ortho intramolecular Hbond substituents is 1. The van der Waals surface area contributed by atoms with Gasteiger partial charge >= 0.3 is 0 Å². The highest BCUT2D eigenvalue weighted by Gasteiger charge is 2.16. The van der Waals surface area contributed by atoms with Crippen LogP contribution in [0.15, 0.2) is 54.9 Å². The average Bonchev–Trinajstić information content (AvgIpc) is 2.74. The van der Waals surface area contributed by atoms with Crippen LogP contribution < -0.4 is 15.2 Å². The number of benzene rings is 2.